The number of benzene rings is 2. The number of nitrogens with one attached hydrogen (secondary N) is 1. The van der Waals surface area contributed by atoms with Crippen LogP contribution in [0.25, 0.3) is 11.0 Å². The van der Waals surface area contributed by atoms with Crippen molar-refractivity contribution in [2.45, 2.75) is 33.8 Å². The molecule has 1 atom stereocenters. The van der Waals surface area contributed by atoms with Crippen LogP contribution in [0.15, 0.2) is 51.7 Å². The van der Waals surface area contributed by atoms with Gasteiger partial charge in [-0.15, -0.1) is 0 Å². The Labute approximate surface area is 162 Å². The quantitative estimate of drug-likeness (QED) is 0.695. The van der Waals surface area contributed by atoms with Gasteiger partial charge in [0.05, 0.1) is 5.39 Å². The summed E-state index contributed by atoms with van der Waals surface area (Å²) >= 11 is 0. The minimum Gasteiger partial charge on any atom is -0.449 e. The Bertz CT molecular complexity index is 1110. The van der Waals surface area contributed by atoms with Crippen molar-refractivity contribution >= 4 is 28.5 Å². The maximum Gasteiger partial charge on any atom is 0.375 e. The minimum absolute atomic E-state index is 0.244. The number of aryl methyl sites for hydroxylation is 3. The normalized spacial score (nSPS) is 11.9. The molecule has 144 valence electrons. The molecule has 0 saturated heterocycles. The van der Waals surface area contributed by atoms with Crippen LogP contribution in [0, 0.1) is 20.8 Å². The van der Waals surface area contributed by atoms with Crippen molar-refractivity contribution in [2.75, 3.05) is 5.32 Å². The zero-order valence-electron chi connectivity index (χ0n) is 16.2. The highest BCUT2D eigenvalue weighted by Crippen LogP contribution is 2.22. The number of carbonyl (C=O) groups is 2. The molecule has 0 aliphatic heterocycles. The number of anilines is 1. The largest absolute Gasteiger partial charge is 0.449 e. The van der Waals surface area contributed by atoms with Gasteiger partial charge in [0, 0.05) is 11.8 Å². The van der Waals surface area contributed by atoms with E-state index in [0.717, 1.165) is 22.8 Å². The van der Waals surface area contributed by atoms with Crippen molar-refractivity contribution in [1.82, 2.24) is 0 Å². The summed E-state index contributed by atoms with van der Waals surface area (Å²) in [6, 6.07) is 11.6. The van der Waals surface area contributed by atoms with Gasteiger partial charge in [-0.2, -0.15) is 0 Å². The Kier molecular flexibility index (Phi) is 5.31. The van der Waals surface area contributed by atoms with Crippen LogP contribution < -0.4 is 10.7 Å². The monoisotopic (exact) mass is 379 g/mol. The summed E-state index contributed by atoms with van der Waals surface area (Å²) in [5.41, 5.74) is 3.56. The zero-order valence-corrected chi connectivity index (χ0v) is 16.2. The van der Waals surface area contributed by atoms with Crippen LogP contribution in [0.1, 0.15) is 34.2 Å². The third kappa shape index (κ3) is 3.96. The summed E-state index contributed by atoms with van der Waals surface area (Å²) in [7, 11) is 0. The Hall–Kier alpha value is -3.41. The molecule has 0 aliphatic rings. The van der Waals surface area contributed by atoms with Crippen molar-refractivity contribution in [3.8, 4) is 0 Å². The number of ether oxygens (including phenoxy) is 1. The van der Waals surface area contributed by atoms with E-state index in [9.17, 15) is 14.4 Å². The molecule has 0 bridgehead atoms. The van der Waals surface area contributed by atoms with E-state index in [4.69, 9.17) is 9.15 Å². The van der Waals surface area contributed by atoms with E-state index in [-0.39, 0.29) is 16.8 Å². The van der Waals surface area contributed by atoms with Gasteiger partial charge in [-0.3, -0.25) is 9.59 Å². The second-order valence-electron chi connectivity index (χ2n) is 6.78. The molecular formula is C22H21NO5. The van der Waals surface area contributed by atoms with Gasteiger partial charge in [-0.1, -0.05) is 29.8 Å². The Morgan fingerprint density at radius 3 is 2.36 bits per heavy atom. The van der Waals surface area contributed by atoms with Gasteiger partial charge in [-0.25, -0.2) is 4.79 Å². The maximum atomic E-state index is 12.5. The first-order valence-corrected chi connectivity index (χ1v) is 8.89. The first-order chi connectivity index (χ1) is 13.3. The van der Waals surface area contributed by atoms with Gasteiger partial charge in [0.15, 0.2) is 11.5 Å². The predicted octanol–water partition coefficient (Wildman–Crippen LogP) is 3.90. The smallest absolute Gasteiger partial charge is 0.375 e. The van der Waals surface area contributed by atoms with Crippen molar-refractivity contribution < 1.29 is 18.7 Å². The molecule has 1 unspecified atom stereocenters. The second kappa shape index (κ2) is 7.68. The molecule has 0 saturated carbocycles. The van der Waals surface area contributed by atoms with Crippen LogP contribution in [0.5, 0.6) is 0 Å². The van der Waals surface area contributed by atoms with Gasteiger partial charge >= 0.3 is 5.97 Å². The van der Waals surface area contributed by atoms with Crippen molar-refractivity contribution in [3.05, 3.63) is 75.1 Å². The van der Waals surface area contributed by atoms with Gasteiger partial charge in [0.25, 0.3) is 5.91 Å². The van der Waals surface area contributed by atoms with Crippen LogP contribution >= 0.6 is 0 Å². The molecular weight excluding hydrogens is 358 g/mol. The van der Waals surface area contributed by atoms with E-state index in [0.29, 0.717) is 11.1 Å². The number of fused-ring (bicyclic) bond motifs is 1. The average Bonchev–Trinajstić information content (AvgIpc) is 2.64. The van der Waals surface area contributed by atoms with Crippen LogP contribution in [-0.2, 0) is 9.53 Å². The third-order valence-electron chi connectivity index (χ3n) is 4.41. The van der Waals surface area contributed by atoms with Crippen molar-refractivity contribution in [3.63, 3.8) is 0 Å². The standard InChI is InChI=1S/C22H21NO5/c1-12-9-13(2)20(14(3)10-12)23-21(25)15(4)27-22(26)19-11-17(24)16-7-5-6-8-18(16)28-19/h5-11,15H,1-4H3,(H,23,25). The number of hydrogen-bond donors (Lipinski definition) is 1. The highest BCUT2D eigenvalue weighted by atomic mass is 16.6. The maximum absolute atomic E-state index is 12.5. The van der Waals surface area contributed by atoms with Crippen molar-refractivity contribution in [1.29, 1.82) is 0 Å². The minimum atomic E-state index is -1.07. The summed E-state index contributed by atoms with van der Waals surface area (Å²) < 4.78 is 10.6. The number of rotatable bonds is 4. The fourth-order valence-electron chi connectivity index (χ4n) is 3.08. The summed E-state index contributed by atoms with van der Waals surface area (Å²) in [6.07, 6.45) is -1.07. The molecule has 2 aromatic carbocycles. The summed E-state index contributed by atoms with van der Waals surface area (Å²) in [5, 5.41) is 3.17. The number of carbonyl (C=O) groups excluding carboxylic acids is 2. The van der Waals surface area contributed by atoms with Crippen LogP contribution in [0.2, 0.25) is 0 Å². The summed E-state index contributed by atoms with van der Waals surface area (Å²) in [5.74, 6) is -1.58. The summed E-state index contributed by atoms with van der Waals surface area (Å²) in [6.45, 7) is 7.24. The Morgan fingerprint density at radius 2 is 1.68 bits per heavy atom. The lowest BCUT2D eigenvalue weighted by Crippen LogP contribution is -2.30. The number of esters is 1. The number of hydrogen-bond acceptors (Lipinski definition) is 5. The molecule has 28 heavy (non-hydrogen) atoms. The lowest BCUT2D eigenvalue weighted by Gasteiger charge is -2.16. The molecule has 6 heteroatoms. The van der Waals surface area contributed by atoms with E-state index in [1.165, 1.54) is 6.92 Å². The van der Waals surface area contributed by atoms with E-state index in [1.54, 1.807) is 24.3 Å². The highest BCUT2D eigenvalue weighted by molar-refractivity contribution is 5.98. The van der Waals surface area contributed by atoms with E-state index >= 15 is 0 Å². The average molecular weight is 379 g/mol. The second-order valence-corrected chi connectivity index (χ2v) is 6.78. The number of amides is 1. The molecule has 3 rings (SSSR count). The van der Waals surface area contributed by atoms with E-state index in [1.807, 2.05) is 32.9 Å². The lowest BCUT2D eigenvalue weighted by atomic mass is 10.0. The molecule has 0 aliphatic carbocycles. The molecule has 1 amide bonds. The van der Waals surface area contributed by atoms with Crippen LogP contribution in [-0.4, -0.2) is 18.0 Å². The first kappa shape index (κ1) is 19.4. The predicted molar refractivity (Wildman–Crippen MR) is 107 cm³/mol. The van der Waals surface area contributed by atoms with E-state index in [2.05, 4.69) is 5.32 Å². The third-order valence-corrected chi connectivity index (χ3v) is 4.41. The van der Waals surface area contributed by atoms with Gasteiger partial charge in [-0.05, 0) is 51.0 Å². The fourth-order valence-corrected chi connectivity index (χ4v) is 3.08. The van der Waals surface area contributed by atoms with Gasteiger partial charge < -0.3 is 14.5 Å². The first-order valence-electron chi connectivity index (χ1n) is 8.89. The number of para-hydroxylation sites is 1. The Morgan fingerprint density at radius 1 is 1.04 bits per heavy atom. The molecule has 1 aromatic heterocycles. The van der Waals surface area contributed by atoms with Crippen LogP contribution in [0.3, 0.4) is 0 Å². The fraction of sp³-hybridized carbons (Fsp3) is 0.227. The molecule has 0 radical (unpaired) electrons. The Balaban J connectivity index is 1.76. The SMILES string of the molecule is Cc1cc(C)c(NC(=O)C(C)OC(=O)c2cc(=O)c3ccccc3o2)c(C)c1. The molecule has 1 N–H and O–H groups in total. The van der Waals surface area contributed by atoms with Crippen molar-refractivity contribution in [2.24, 2.45) is 0 Å². The lowest BCUT2D eigenvalue weighted by molar-refractivity contribution is -0.123. The van der Waals surface area contributed by atoms with Crippen LogP contribution in [0.4, 0.5) is 5.69 Å². The topological polar surface area (TPSA) is 85.6 Å². The molecule has 3 aromatic rings. The zero-order chi connectivity index (χ0) is 20.4. The molecule has 1 heterocycles. The van der Waals surface area contributed by atoms with Gasteiger partial charge in [0.1, 0.15) is 5.58 Å². The molecule has 0 fully saturated rings. The van der Waals surface area contributed by atoms with Gasteiger partial charge in [0.2, 0.25) is 5.76 Å². The summed E-state index contributed by atoms with van der Waals surface area (Å²) in [4.78, 5) is 36.9. The molecule has 6 nitrogen and oxygen atoms in total. The van der Waals surface area contributed by atoms with E-state index < -0.39 is 18.0 Å². The highest BCUT2D eigenvalue weighted by Gasteiger charge is 2.22. The molecule has 0 spiro atoms.